The zero-order valence-corrected chi connectivity index (χ0v) is 25.3. The highest BCUT2D eigenvalue weighted by molar-refractivity contribution is 6.11. The van der Waals surface area contributed by atoms with Crippen molar-refractivity contribution in [3.05, 3.63) is 140 Å². The van der Waals surface area contributed by atoms with Crippen LogP contribution in [0.3, 0.4) is 0 Å². The van der Waals surface area contributed by atoms with Crippen LogP contribution < -0.4 is 0 Å². The first-order chi connectivity index (χ1) is 23.8. The number of para-hydroxylation sites is 2. The lowest BCUT2D eigenvalue weighted by molar-refractivity contribution is 0.666. The highest BCUT2D eigenvalue weighted by atomic mass is 16.3. The fourth-order valence-electron chi connectivity index (χ4n) is 6.64. The standard InChI is InChI=1S/C41H23N5O2/c1-2-11-25(12-3-1)39-44-40(31-18-9-17-30-29-15-6-7-19-33(29)48-38(30)31)46-41(45-39)32-22-42-23-35-36(32)37-34(47-35)20-26(21-43-37)28-16-8-13-24-10-4-5-14-27(24)28/h1-23H. The fourth-order valence-corrected chi connectivity index (χ4v) is 6.64. The Kier molecular flexibility index (Phi) is 5.74. The number of pyridine rings is 2. The maximum absolute atomic E-state index is 6.40. The lowest BCUT2D eigenvalue weighted by atomic mass is 9.99. The lowest BCUT2D eigenvalue weighted by Crippen LogP contribution is -2.01. The van der Waals surface area contributed by atoms with Gasteiger partial charge in [0.2, 0.25) is 0 Å². The van der Waals surface area contributed by atoms with Crippen molar-refractivity contribution in [3.63, 3.8) is 0 Å². The third kappa shape index (κ3) is 4.11. The number of nitrogens with zero attached hydrogens (tertiary/aromatic N) is 5. The predicted molar refractivity (Wildman–Crippen MR) is 189 cm³/mol. The average molecular weight is 618 g/mol. The molecule has 5 aromatic heterocycles. The van der Waals surface area contributed by atoms with Gasteiger partial charge in [0.1, 0.15) is 16.7 Å². The van der Waals surface area contributed by atoms with Crippen LogP contribution in [0.25, 0.3) is 100 Å². The Balaban J connectivity index is 1.20. The second-order valence-electron chi connectivity index (χ2n) is 11.7. The van der Waals surface area contributed by atoms with Crippen molar-refractivity contribution in [2.45, 2.75) is 0 Å². The molecule has 0 fully saturated rings. The molecule has 7 heteroatoms. The van der Waals surface area contributed by atoms with Gasteiger partial charge in [-0.2, -0.15) is 0 Å². The molecule has 0 aliphatic rings. The van der Waals surface area contributed by atoms with E-state index in [0.29, 0.717) is 39.7 Å². The van der Waals surface area contributed by atoms with E-state index in [1.165, 1.54) is 5.39 Å². The van der Waals surface area contributed by atoms with Crippen LogP contribution in [-0.2, 0) is 0 Å². The molecule has 0 saturated carbocycles. The van der Waals surface area contributed by atoms with Crippen LogP contribution in [0.4, 0.5) is 0 Å². The van der Waals surface area contributed by atoms with Crippen LogP contribution in [0, 0.1) is 0 Å². The molecule has 7 nitrogen and oxygen atoms in total. The van der Waals surface area contributed by atoms with E-state index in [-0.39, 0.29) is 0 Å². The molecule has 48 heavy (non-hydrogen) atoms. The van der Waals surface area contributed by atoms with Crippen molar-refractivity contribution in [2.24, 2.45) is 0 Å². The predicted octanol–water partition coefficient (Wildman–Crippen LogP) is 10.3. The molecular weight excluding hydrogens is 594 g/mol. The first kappa shape index (κ1) is 26.5. The zero-order chi connectivity index (χ0) is 31.6. The minimum atomic E-state index is 0.465. The van der Waals surface area contributed by atoms with Gasteiger partial charge in [-0.3, -0.25) is 9.97 Å². The zero-order valence-electron chi connectivity index (χ0n) is 25.3. The molecule has 5 aromatic carbocycles. The van der Waals surface area contributed by atoms with Crippen molar-refractivity contribution in [1.29, 1.82) is 0 Å². The fraction of sp³-hybridized carbons (Fsp3) is 0. The molecule has 0 bridgehead atoms. The van der Waals surface area contributed by atoms with E-state index < -0.39 is 0 Å². The van der Waals surface area contributed by atoms with Gasteiger partial charge in [0.15, 0.2) is 28.6 Å². The molecule has 0 spiro atoms. The molecule has 0 N–H and O–H groups in total. The molecule has 0 atom stereocenters. The molecule has 0 saturated heterocycles. The van der Waals surface area contributed by atoms with Crippen LogP contribution in [0.5, 0.6) is 0 Å². The topological polar surface area (TPSA) is 90.7 Å². The van der Waals surface area contributed by atoms with Crippen LogP contribution in [0.15, 0.2) is 149 Å². The Labute approximate surface area is 273 Å². The van der Waals surface area contributed by atoms with Gasteiger partial charge in [-0.1, -0.05) is 103 Å². The molecule has 0 amide bonds. The minimum absolute atomic E-state index is 0.465. The van der Waals surface area contributed by atoms with Gasteiger partial charge in [0.25, 0.3) is 0 Å². The molecule has 0 aliphatic carbocycles. The SMILES string of the molecule is c1ccc(-c2nc(-c3cccc4c3oc3ccccc34)nc(-c3cncc4oc5cc(-c6cccc7ccccc67)cnc5c34)n2)cc1. The van der Waals surface area contributed by atoms with Crippen LogP contribution in [0.2, 0.25) is 0 Å². The second kappa shape index (κ2) is 10.4. The summed E-state index contributed by atoms with van der Waals surface area (Å²) in [4.78, 5) is 24.5. The Bertz CT molecular complexity index is 2850. The summed E-state index contributed by atoms with van der Waals surface area (Å²) in [5.74, 6) is 1.51. The molecule has 5 heterocycles. The van der Waals surface area contributed by atoms with E-state index in [4.69, 9.17) is 28.8 Å². The monoisotopic (exact) mass is 617 g/mol. The minimum Gasteiger partial charge on any atom is -0.455 e. The highest BCUT2D eigenvalue weighted by Crippen LogP contribution is 2.39. The summed E-state index contributed by atoms with van der Waals surface area (Å²) in [7, 11) is 0. The van der Waals surface area contributed by atoms with E-state index in [0.717, 1.165) is 55.0 Å². The Morgan fingerprint density at radius 2 is 1.15 bits per heavy atom. The van der Waals surface area contributed by atoms with Crippen LogP contribution in [-0.4, -0.2) is 24.9 Å². The molecule has 10 aromatic rings. The summed E-state index contributed by atoms with van der Waals surface area (Å²) in [5, 5.41) is 5.17. The van der Waals surface area contributed by atoms with E-state index >= 15 is 0 Å². The molecule has 0 aliphatic heterocycles. The summed E-state index contributed by atoms with van der Waals surface area (Å²) in [6.07, 6.45) is 5.39. The number of fused-ring (bicyclic) bond motifs is 7. The van der Waals surface area contributed by atoms with Gasteiger partial charge in [-0.05, 0) is 34.5 Å². The van der Waals surface area contributed by atoms with Gasteiger partial charge in [-0.25, -0.2) is 15.0 Å². The number of furan rings is 2. The van der Waals surface area contributed by atoms with Crippen molar-refractivity contribution in [1.82, 2.24) is 24.9 Å². The maximum atomic E-state index is 6.40. The Morgan fingerprint density at radius 3 is 2.06 bits per heavy atom. The summed E-state index contributed by atoms with van der Waals surface area (Å²) in [6.45, 7) is 0. The molecule has 224 valence electrons. The van der Waals surface area contributed by atoms with Gasteiger partial charge in [0, 0.05) is 34.3 Å². The Hall–Kier alpha value is -6.73. The summed E-state index contributed by atoms with van der Waals surface area (Å²) in [5.41, 5.74) is 7.93. The highest BCUT2D eigenvalue weighted by Gasteiger charge is 2.21. The van der Waals surface area contributed by atoms with E-state index in [2.05, 4.69) is 53.5 Å². The van der Waals surface area contributed by atoms with E-state index in [1.807, 2.05) is 79.0 Å². The van der Waals surface area contributed by atoms with Crippen molar-refractivity contribution in [3.8, 4) is 45.3 Å². The van der Waals surface area contributed by atoms with Gasteiger partial charge in [0.05, 0.1) is 22.7 Å². The van der Waals surface area contributed by atoms with Crippen molar-refractivity contribution in [2.75, 3.05) is 0 Å². The number of aromatic nitrogens is 5. The van der Waals surface area contributed by atoms with Crippen molar-refractivity contribution >= 4 is 54.8 Å². The number of hydrogen-bond donors (Lipinski definition) is 0. The number of benzene rings is 5. The largest absolute Gasteiger partial charge is 0.455 e. The van der Waals surface area contributed by atoms with Crippen LogP contribution in [0.1, 0.15) is 0 Å². The first-order valence-electron chi connectivity index (χ1n) is 15.7. The second-order valence-corrected chi connectivity index (χ2v) is 11.7. The summed E-state index contributed by atoms with van der Waals surface area (Å²) < 4.78 is 12.8. The van der Waals surface area contributed by atoms with Crippen LogP contribution >= 0.6 is 0 Å². The third-order valence-electron chi connectivity index (χ3n) is 8.87. The van der Waals surface area contributed by atoms with E-state index in [1.54, 1.807) is 12.4 Å². The third-order valence-corrected chi connectivity index (χ3v) is 8.87. The summed E-state index contributed by atoms with van der Waals surface area (Å²) >= 11 is 0. The normalized spacial score (nSPS) is 11.8. The average Bonchev–Trinajstić information content (AvgIpc) is 3.73. The molecule has 0 radical (unpaired) electrons. The first-order valence-corrected chi connectivity index (χ1v) is 15.7. The quantitative estimate of drug-likeness (QED) is 0.194. The Morgan fingerprint density at radius 1 is 0.438 bits per heavy atom. The van der Waals surface area contributed by atoms with Gasteiger partial charge < -0.3 is 8.83 Å². The smallest absolute Gasteiger partial charge is 0.167 e. The lowest BCUT2D eigenvalue weighted by Gasteiger charge is -2.09. The molecule has 0 unspecified atom stereocenters. The number of rotatable bonds is 4. The van der Waals surface area contributed by atoms with Gasteiger partial charge >= 0.3 is 0 Å². The van der Waals surface area contributed by atoms with Crippen molar-refractivity contribution < 1.29 is 8.83 Å². The summed E-state index contributed by atoms with van der Waals surface area (Å²) in [6, 6.07) is 40.7. The van der Waals surface area contributed by atoms with E-state index in [9.17, 15) is 0 Å². The molecular formula is C41H23N5O2. The maximum Gasteiger partial charge on any atom is 0.167 e. The molecule has 10 rings (SSSR count). The van der Waals surface area contributed by atoms with Gasteiger partial charge in [-0.15, -0.1) is 0 Å². The number of hydrogen-bond acceptors (Lipinski definition) is 7.